The number of carbonyl (C=O) groups excluding carboxylic acids is 1. The van der Waals surface area contributed by atoms with Gasteiger partial charge in [-0.3, -0.25) is 4.79 Å². The van der Waals surface area contributed by atoms with Crippen LogP contribution in [0.5, 0.6) is 0 Å². The normalized spacial score (nSPS) is 10.2. The van der Waals surface area contributed by atoms with Gasteiger partial charge in [-0.1, -0.05) is 0 Å². The summed E-state index contributed by atoms with van der Waals surface area (Å²) in [5.41, 5.74) is 0.0652. The molecule has 0 aliphatic carbocycles. The van der Waals surface area contributed by atoms with E-state index in [1.54, 1.807) is 12.1 Å². The molecule has 0 fully saturated rings. The molecule has 0 unspecified atom stereocenters. The van der Waals surface area contributed by atoms with E-state index in [1.807, 2.05) is 0 Å². The molecule has 0 aliphatic heterocycles. The number of halogens is 2. The highest BCUT2D eigenvalue weighted by atomic mass is 19.2. The van der Waals surface area contributed by atoms with Crippen molar-refractivity contribution >= 4 is 5.91 Å². The van der Waals surface area contributed by atoms with Gasteiger partial charge in [0.05, 0.1) is 12.8 Å². The lowest BCUT2D eigenvalue weighted by Gasteiger charge is -2.03. The van der Waals surface area contributed by atoms with E-state index in [0.717, 1.165) is 12.1 Å². The zero-order valence-electron chi connectivity index (χ0n) is 8.74. The Morgan fingerprint density at radius 3 is 2.71 bits per heavy atom. The molecule has 0 saturated carbocycles. The zero-order valence-corrected chi connectivity index (χ0v) is 8.74. The first-order chi connectivity index (χ1) is 8.16. The second kappa shape index (κ2) is 4.78. The van der Waals surface area contributed by atoms with Gasteiger partial charge in [-0.15, -0.1) is 0 Å². The third kappa shape index (κ3) is 2.69. The lowest BCUT2D eigenvalue weighted by Crippen LogP contribution is -2.22. The fourth-order valence-corrected chi connectivity index (χ4v) is 1.32. The minimum Gasteiger partial charge on any atom is -0.467 e. The van der Waals surface area contributed by atoms with Crippen molar-refractivity contribution in [1.82, 2.24) is 5.32 Å². The first-order valence-electron chi connectivity index (χ1n) is 4.92. The van der Waals surface area contributed by atoms with Gasteiger partial charge >= 0.3 is 0 Å². The van der Waals surface area contributed by atoms with Crippen LogP contribution in [0.4, 0.5) is 8.78 Å². The van der Waals surface area contributed by atoms with Crippen molar-refractivity contribution in [2.24, 2.45) is 0 Å². The third-order valence-corrected chi connectivity index (χ3v) is 2.19. The van der Waals surface area contributed by atoms with Gasteiger partial charge in [-0.05, 0) is 30.3 Å². The van der Waals surface area contributed by atoms with Gasteiger partial charge in [-0.2, -0.15) is 0 Å². The van der Waals surface area contributed by atoms with Gasteiger partial charge in [0.25, 0.3) is 5.91 Å². The van der Waals surface area contributed by atoms with Crippen molar-refractivity contribution in [2.45, 2.75) is 6.54 Å². The van der Waals surface area contributed by atoms with Crippen LogP contribution in [0.15, 0.2) is 41.0 Å². The summed E-state index contributed by atoms with van der Waals surface area (Å²) >= 11 is 0. The van der Waals surface area contributed by atoms with Crippen LogP contribution >= 0.6 is 0 Å². The largest absolute Gasteiger partial charge is 0.467 e. The molecule has 0 saturated heterocycles. The Hall–Kier alpha value is -2.17. The maximum absolute atomic E-state index is 12.9. The molecule has 0 bridgehead atoms. The molecule has 1 amide bonds. The van der Waals surface area contributed by atoms with E-state index in [2.05, 4.69) is 5.32 Å². The molecule has 1 aromatic heterocycles. The third-order valence-electron chi connectivity index (χ3n) is 2.19. The number of nitrogens with one attached hydrogen (secondary N) is 1. The summed E-state index contributed by atoms with van der Waals surface area (Å²) < 4.78 is 30.5. The number of furan rings is 1. The first-order valence-corrected chi connectivity index (χ1v) is 4.92. The van der Waals surface area contributed by atoms with E-state index >= 15 is 0 Å². The van der Waals surface area contributed by atoms with Gasteiger partial charge in [0.2, 0.25) is 0 Å². The lowest BCUT2D eigenvalue weighted by molar-refractivity contribution is 0.0947. The second-order valence-corrected chi connectivity index (χ2v) is 3.39. The van der Waals surface area contributed by atoms with E-state index in [1.165, 1.54) is 12.3 Å². The van der Waals surface area contributed by atoms with Crippen molar-refractivity contribution in [3.05, 3.63) is 59.6 Å². The predicted molar refractivity (Wildman–Crippen MR) is 56.2 cm³/mol. The van der Waals surface area contributed by atoms with Crippen LogP contribution in [0, 0.1) is 11.6 Å². The molecule has 1 aromatic carbocycles. The fraction of sp³-hybridized carbons (Fsp3) is 0.0833. The van der Waals surface area contributed by atoms with Gasteiger partial charge < -0.3 is 9.73 Å². The molecule has 88 valence electrons. The van der Waals surface area contributed by atoms with Crippen LogP contribution in [-0.4, -0.2) is 5.91 Å². The van der Waals surface area contributed by atoms with Crippen LogP contribution in [0.25, 0.3) is 0 Å². The van der Waals surface area contributed by atoms with Crippen molar-refractivity contribution < 1.29 is 18.0 Å². The molecule has 1 heterocycles. The maximum atomic E-state index is 12.9. The highest BCUT2D eigenvalue weighted by Crippen LogP contribution is 2.09. The molecule has 0 spiro atoms. The summed E-state index contributed by atoms with van der Waals surface area (Å²) in [6.45, 7) is 0.199. The smallest absolute Gasteiger partial charge is 0.251 e. The molecular weight excluding hydrogens is 228 g/mol. The number of hydrogen-bond acceptors (Lipinski definition) is 2. The van der Waals surface area contributed by atoms with E-state index in [9.17, 15) is 13.6 Å². The number of benzene rings is 1. The van der Waals surface area contributed by atoms with Gasteiger partial charge in [0.1, 0.15) is 5.76 Å². The minimum absolute atomic E-state index is 0.0652. The molecule has 0 aliphatic rings. The van der Waals surface area contributed by atoms with Crippen LogP contribution in [0.2, 0.25) is 0 Å². The topological polar surface area (TPSA) is 42.2 Å². The quantitative estimate of drug-likeness (QED) is 0.891. The highest BCUT2D eigenvalue weighted by Gasteiger charge is 2.09. The molecule has 2 aromatic rings. The molecule has 2 rings (SSSR count). The summed E-state index contributed by atoms with van der Waals surface area (Å²) in [4.78, 5) is 11.6. The van der Waals surface area contributed by atoms with E-state index in [-0.39, 0.29) is 12.1 Å². The first kappa shape index (κ1) is 11.3. The Balaban J connectivity index is 2.02. The SMILES string of the molecule is O=C(NCc1ccco1)c1ccc(F)c(F)c1. The number of rotatable bonds is 3. The van der Waals surface area contributed by atoms with E-state index < -0.39 is 17.5 Å². The minimum atomic E-state index is -1.05. The summed E-state index contributed by atoms with van der Waals surface area (Å²) in [6.07, 6.45) is 1.49. The predicted octanol–water partition coefficient (Wildman–Crippen LogP) is 2.49. The van der Waals surface area contributed by atoms with Crippen molar-refractivity contribution in [2.75, 3.05) is 0 Å². The number of hydrogen-bond donors (Lipinski definition) is 1. The Kier molecular flexibility index (Phi) is 3.18. The number of carbonyl (C=O) groups is 1. The maximum Gasteiger partial charge on any atom is 0.251 e. The van der Waals surface area contributed by atoms with Crippen LogP contribution < -0.4 is 5.32 Å². The Morgan fingerprint density at radius 1 is 1.24 bits per heavy atom. The summed E-state index contributed by atoms with van der Waals surface area (Å²) in [5, 5.41) is 2.53. The van der Waals surface area contributed by atoms with Crippen LogP contribution in [-0.2, 0) is 6.54 Å². The molecular formula is C12H9F2NO2. The molecule has 0 atom stereocenters. The number of amides is 1. The van der Waals surface area contributed by atoms with Crippen LogP contribution in [0.1, 0.15) is 16.1 Å². The Bertz CT molecular complexity index is 523. The summed E-state index contributed by atoms with van der Waals surface area (Å²) in [6, 6.07) is 6.38. The average molecular weight is 237 g/mol. The molecule has 1 N–H and O–H groups in total. The molecule has 3 nitrogen and oxygen atoms in total. The molecule has 0 radical (unpaired) electrons. The monoisotopic (exact) mass is 237 g/mol. The average Bonchev–Trinajstić information content (AvgIpc) is 2.82. The lowest BCUT2D eigenvalue weighted by atomic mass is 10.2. The summed E-state index contributed by atoms with van der Waals surface area (Å²) in [7, 11) is 0. The zero-order chi connectivity index (χ0) is 12.3. The van der Waals surface area contributed by atoms with Crippen molar-refractivity contribution in [3.8, 4) is 0 Å². The van der Waals surface area contributed by atoms with Crippen LogP contribution in [0.3, 0.4) is 0 Å². The fourth-order valence-electron chi connectivity index (χ4n) is 1.32. The second-order valence-electron chi connectivity index (χ2n) is 3.39. The Morgan fingerprint density at radius 2 is 2.06 bits per heavy atom. The van der Waals surface area contributed by atoms with Gasteiger partial charge in [0.15, 0.2) is 11.6 Å². The van der Waals surface area contributed by atoms with Gasteiger partial charge in [-0.25, -0.2) is 8.78 Å². The van der Waals surface area contributed by atoms with Crippen molar-refractivity contribution in [1.29, 1.82) is 0 Å². The van der Waals surface area contributed by atoms with E-state index in [4.69, 9.17) is 4.42 Å². The van der Waals surface area contributed by atoms with Crippen molar-refractivity contribution in [3.63, 3.8) is 0 Å². The standard InChI is InChI=1S/C12H9F2NO2/c13-10-4-3-8(6-11(10)14)12(16)15-7-9-2-1-5-17-9/h1-6H,7H2,(H,15,16). The van der Waals surface area contributed by atoms with E-state index in [0.29, 0.717) is 5.76 Å². The Labute approximate surface area is 96.1 Å². The molecule has 5 heteroatoms. The molecule has 17 heavy (non-hydrogen) atoms. The highest BCUT2D eigenvalue weighted by molar-refractivity contribution is 5.94. The summed E-state index contributed by atoms with van der Waals surface area (Å²) in [5.74, 6) is -1.93. The van der Waals surface area contributed by atoms with Gasteiger partial charge in [0, 0.05) is 5.56 Å².